The maximum atomic E-state index is 11.8. The Kier molecular flexibility index (Phi) is 2.22. The number of benzene rings is 2. The largest absolute Gasteiger partial charge is 0.608 e. The van der Waals surface area contributed by atoms with Crippen LogP contribution in [0.4, 0.5) is 0 Å². The summed E-state index contributed by atoms with van der Waals surface area (Å²) in [5.41, 5.74) is 1.40. The van der Waals surface area contributed by atoms with Crippen LogP contribution in [-0.2, 0) is 0 Å². The molecule has 0 amide bonds. The van der Waals surface area contributed by atoms with Crippen LogP contribution in [0.15, 0.2) is 70.0 Å². The van der Waals surface area contributed by atoms with Crippen molar-refractivity contribution in [3.8, 4) is 5.69 Å². The van der Waals surface area contributed by atoms with Crippen LogP contribution in [0, 0.1) is 0 Å². The number of nitrogens with zero attached hydrogens (tertiary/aromatic N) is 1. The molecule has 0 spiro atoms. The van der Waals surface area contributed by atoms with Crippen LogP contribution >= 0.6 is 0 Å². The van der Waals surface area contributed by atoms with Crippen LogP contribution in [-0.4, -0.2) is 0 Å². The molecule has 82 valence electrons. The minimum Gasteiger partial charge on any atom is -0.371 e. The smallest absolute Gasteiger partial charge is 0.371 e. The van der Waals surface area contributed by atoms with Gasteiger partial charge in [0.15, 0.2) is 11.8 Å². The van der Waals surface area contributed by atoms with Gasteiger partial charge in [-0.2, -0.15) is 4.79 Å². The van der Waals surface area contributed by atoms with Gasteiger partial charge in [0.25, 0.3) is 0 Å². The van der Waals surface area contributed by atoms with Crippen molar-refractivity contribution in [2.24, 2.45) is 0 Å². The first-order chi connectivity index (χ1) is 8.34. The molecule has 1 aromatic heterocycles. The summed E-state index contributed by atoms with van der Waals surface area (Å²) in [6, 6.07) is 16.9. The predicted octanol–water partition coefficient (Wildman–Crippen LogP) is 2.07. The zero-order valence-electron chi connectivity index (χ0n) is 9.04. The monoisotopic (exact) mass is 224 g/mol. The van der Waals surface area contributed by atoms with Crippen molar-refractivity contribution < 1.29 is 8.98 Å². The van der Waals surface area contributed by atoms with E-state index in [4.69, 9.17) is 4.42 Å². The third kappa shape index (κ3) is 1.72. The van der Waals surface area contributed by atoms with Crippen LogP contribution in [0.5, 0.6) is 0 Å². The molecule has 0 saturated carbocycles. The maximum Gasteiger partial charge on any atom is 0.608 e. The second-order valence-electron chi connectivity index (χ2n) is 3.74. The first-order valence-corrected chi connectivity index (χ1v) is 5.34. The van der Waals surface area contributed by atoms with E-state index in [1.54, 1.807) is 12.3 Å². The molecule has 3 aromatic rings. The van der Waals surface area contributed by atoms with E-state index in [-0.39, 0.29) is 5.76 Å². The number of hydrogen-bond donors (Lipinski definition) is 0. The van der Waals surface area contributed by atoms with Gasteiger partial charge in [0, 0.05) is 12.1 Å². The molecule has 0 saturated heterocycles. The average molecular weight is 224 g/mol. The molecule has 0 aliphatic rings. The highest BCUT2D eigenvalue weighted by molar-refractivity contribution is 5.74. The van der Waals surface area contributed by atoms with Crippen molar-refractivity contribution in [1.29, 1.82) is 0 Å². The summed E-state index contributed by atoms with van der Waals surface area (Å²) in [5.74, 6) is -0.380. The number of fused-ring (bicyclic) bond motifs is 1. The minimum atomic E-state index is -0.380. The summed E-state index contributed by atoms with van der Waals surface area (Å²) in [5, 5.41) is 0.899. The van der Waals surface area contributed by atoms with Gasteiger partial charge in [-0.3, -0.25) is 0 Å². The minimum absolute atomic E-state index is 0.380. The van der Waals surface area contributed by atoms with E-state index < -0.39 is 0 Å². The fourth-order valence-corrected chi connectivity index (χ4v) is 1.78. The van der Waals surface area contributed by atoms with Crippen LogP contribution in [0.2, 0.25) is 0 Å². The standard InChI is InChI=1S/C14H10NO2/c16-14-15(12-7-2-1-3-8-12)10-11-6-4-5-9-13(11)17-14/h1-10H/q+1. The molecule has 3 heteroatoms. The Morgan fingerprint density at radius 2 is 1.59 bits per heavy atom. The molecule has 3 nitrogen and oxygen atoms in total. The van der Waals surface area contributed by atoms with Crippen LogP contribution in [0.3, 0.4) is 0 Å². The summed E-state index contributed by atoms with van der Waals surface area (Å²) in [7, 11) is 0. The third-order valence-corrected chi connectivity index (χ3v) is 2.62. The van der Waals surface area contributed by atoms with E-state index in [0.717, 1.165) is 11.1 Å². The van der Waals surface area contributed by atoms with Crippen LogP contribution in [0.25, 0.3) is 16.7 Å². The molecule has 3 rings (SSSR count). The average Bonchev–Trinajstić information content (AvgIpc) is 2.39. The molecular weight excluding hydrogens is 214 g/mol. The molecule has 0 N–H and O–H groups in total. The van der Waals surface area contributed by atoms with E-state index in [1.165, 1.54) is 4.57 Å². The fraction of sp³-hybridized carbons (Fsp3) is 0. The van der Waals surface area contributed by atoms with E-state index in [0.29, 0.717) is 5.58 Å². The summed E-state index contributed by atoms with van der Waals surface area (Å²) in [6.45, 7) is 0. The zero-order valence-corrected chi connectivity index (χ0v) is 9.04. The normalized spacial score (nSPS) is 10.6. The van der Waals surface area contributed by atoms with Crippen molar-refractivity contribution >= 4 is 11.0 Å². The Hall–Kier alpha value is -2.42. The van der Waals surface area contributed by atoms with Gasteiger partial charge in [-0.25, -0.2) is 0 Å². The van der Waals surface area contributed by atoms with Gasteiger partial charge in [0.05, 0.1) is 5.39 Å². The van der Waals surface area contributed by atoms with Crippen molar-refractivity contribution in [2.45, 2.75) is 0 Å². The molecule has 0 aliphatic carbocycles. The molecule has 17 heavy (non-hydrogen) atoms. The van der Waals surface area contributed by atoms with E-state index >= 15 is 0 Å². The number of para-hydroxylation sites is 2. The molecule has 2 aromatic carbocycles. The van der Waals surface area contributed by atoms with Crippen molar-refractivity contribution in [1.82, 2.24) is 0 Å². The molecule has 0 unspecified atom stereocenters. The van der Waals surface area contributed by atoms with Crippen LogP contribution < -0.4 is 10.3 Å². The van der Waals surface area contributed by atoms with Crippen LogP contribution in [0.1, 0.15) is 0 Å². The lowest BCUT2D eigenvalue weighted by Gasteiger charge is -1.95. The Bertz CT molecular complexity index is 717. The quantitative estimate of drug-likeness (QED) is 0.593. The molecule has 0 radical (unpaired) electrons. The van der Waals surface area contributed by atoms with E-state index in [1.807, 2.05) is 48.5 Å². The van der Waals surface area contributed by atoms with Gasteiger partial charge >= 0.3 is 5.76 Å². The summed E-state index contributed by atoms with van der Waals surface area (Å²) in [4.78, 5) is 11.8. The second-order valence-corrected chi connectivity index (χ2v) is 3.74. The van der Waals surface area contributed by atoms with Gasteiger partial charge in [-0.15, -0.1) is 0 Å². The molecular formula is C14H10NO2+. The first kappa shape index (κ1) is 9.78. The Morgan fingerprint density at radius 3 is 2.41 bits per heavy atom. The van der Waals surface area contributed by atoms with Crippen molar-refractivity contribution in [2.75, 3.05) is 0 Å². The Labute approximate surface area is 97.6 Å². The topological polar surface area (TPSA) is 34.1 Å². The third-order valence-electron chi connectivity index (χ3n) is 2.62. The highest BCUT2D eigenvalue weighted by atomic mass is 16.4. The van der Waals surface area contributed by atoms with Gasteiger partial charge < -0.3 is 4.42 Å². The number of hydrogen-bond acceptors (Lipinski definition) is 2. The Morgan fingerprint density at radius 1 is 0.882 bits per heavy atom. The lowest BCUT2D eigenvalue weighted by atomic mass is 10.2. The van der Waals surface area contributed by atoms with Crippen molar-refractivity contribution in [3.05, 3.63) is 71.3 Å². The molecule has 0 bridgehead atoms. The Balaban J connectivity index is 2.31. The molecule has 0 fully saturated rings. The molecule has 1 heterocycles. The highest BCUT2D eigenvalue weighted by Crippen LogP contribution is 2.09. The van der Waals surface area contributed by atoms with Gasteiger partial charge in [-0.1, -0.05) is 34.9 Å². The SMILES string of the molecule is O=c1oc2ccccc2c[n+]1-c1ccccc1. The summed E-state index contributed by atoms with van der Waals surface area (Å²) >= 11 is 0. The lowest BCUT2D eigenvalue weighted by molar-refractivity contribution is -0.623. The number of rotatable bonds is 1. The summed E-state index contributed by atoms with van der Waals surface area (Å²) < 4.78 is 6.76. The number of aromatic nitrogens is 1. The van der Waals surface area contributed by atoms with Gasteiger partial charge in [-0.05, 0) is 12.1 Å². The fourth-order valence-electron chi connectivity index (χ4n) is 1.78. The van der Waals surface area contributed by atoms with E-state index in [9.17, 15) is 4.79 Å². The predicted molar refractivity (Wildman–Crippen MR) is 64.0 cm³/mol. The first-order valence-electron chi connectivity index (χ1n) is 5.34. The van der Waals surface area contributed by atoms with Crippen molar-refractivity contribution in [3.63, 3.8) is 0 Å². The van der Waals surface area contributed by atoms with Gasteiger partial charge in [0.2, 0.25) is 5.69 Å². The van der Waals surface area contributed by atoms with Gasteiger partial charge in [0.1, 0.15) is 0 Å². The second kappa shape index (κ2) is 3.87. The maximum absolute atomic E-state index is 11.8. The summed E-state index contributed by atoms with van der Waals surface area (Å²) in [6.07, 6.45) is 1.79. The van der Waals surface area contributed by atoms with E-state index in [2.05, 4.69) is 0 Å². The zero-order chi connectivity index (χ0) is 11.7. The lowest BCUT2D eigenvalue weighted by Crippen LogP contribution is -2.46. The highest BCUT2D eigenvalue weighted by Gasteiger charge is 2.14. The molecule has 0 atom stereocenters. The molecule has 0 aliphatic heterocycles.